The van der Waals surface area contributed by atoms with Crippen molar-refractivity contribution in [2.45, 2.75) is 37.1 Å². The van der Waals surface area contributed by atoms with Crippen molar-refractivity contribution in [3.05, 3.63) is 83.7 Å². The molecule has 3 rings (SSSR count). The Morgan fingerprint density at radius 2 is 1.79 bits per heavy atom. The van der Waals surface area contributed by atoms with E-state index in [0.717, 1.165) is 10.5 Å². The van der Waals surface area contributed by atoms with E-state index in [9.17, 15) is 9.18 Å². The number of aryl methyl sites for hydroxylation is 1. The van der Waals surface area contributed by atoms with Crippen molar-refractivity contribution in [1.82, 2.24) is 14.9 Å². The highest BCUT2D eigenvalue weighted by atomic mass is 32.2. The van der Waals surface area contributed by atoms with Gasteiger partial charge in [-0.3, -0.25) is 4.79 Å². The van der Waals surface area contributed by atoms with Crippen LogP contribution in [0.3, 0.4) is 0 Å². The van der Waals surface area contributed by atoms with Crippen molar-refractivity contribution in [2.75, 3.05) is 5.75 Å². The molecule has 1 aromatic heterocycles. The van der Waals surface area contributed by atoms with Gasteiger partial charge in [0.1, 0.15) is 17.7 Å². The van der Waals surface area contributed by atoms with Crippen molar-refractivity contribution in [2.24, 2.45) is 7.05 Å². The molecule has 0 fully saturated rings. The fraction of sp³-hybridized carbons (Fsp3) is 0.304. The summed E-state index contributed by atoms with van der Waals surface area (Å²) in [6.07, 6.45) is 3.51. The maximum absolute atomic E-state index is 13.3. The molecule has 0 spiro atoms. The van der Waals surface area contributed by atoms with E-state index in [1.54, 1.807) is 18.3 Å². The molecule has 0 saturated heterocycles. The normalized spacial score (nSPS) is 12.6. The fourth-order valence-corrected chi connectivity index (χ4v) is 3.72. The van der Waals surface area contributed by atoms with Crippen LogP contribution in [0.15, 0.2) is 65.8 Å². The van der Waals surface area contributed by atoms with Crippen molar-refractivity contribution >= 4 is 17.7 Å². The van der Waals surface area contributed by atoms with E-state index < -0.39 is 6.04 Å². The summed E-state index contributed by atoms with van der Waals surface area (Å²) < 4.78 is 15.2. The summed E-state index contributed by atoms with van der Waals surface area (Å²) in [5.74, 6) is 0.571. The van der Waals surface area contributed by atoms with Crippen LogP contribution in [-0.4, -0.2) is 21.2 Å². The molecule has 1 unspecified atom stereocenters. The predicted octanol–water partition coefficient (Wildman–Crippen LogP) is 4.85. The van der Waals surface area contributed by atoms with Gasteiger partial charge in [0.2, 0.25) is 5.91 Å². The van der Waals surface area contributed by atoms with Gasteiger partial charge >= 0.3 is 0 Å². The molecule has 0 saturated carbocycles. The number of carbonyl (C=O) groups excluding carboxylic acids is 1. The minimum absolute atomic E-state index is 0.102. The first kappa shape index (κ1) is 21.1. The van der Waals surface area contributed by atoms with Crippen LogP contribution in [0.1, 0.15) is 43.8 Å². The molecule has 6 heteroatoms. The third-order valence-electron chi connectivity index (χ3n) is 4.72. The number of benzene rings is 2. The average molecular weight is 412 g/mol. The molecular formula is C23H26FN3OS. The maximum atomic E-state index is 13.3. The molecule has 2 aromatic carbocycles. The van der Waals surface area contributed by atoms with Crippen LogP contribution in [0.2, 0.25) is 0 Å². The second-order valence-corrected chi connectivity index (χ2v) is 9.06. The van der Waals surface area contributed by atoms with E-state index in [0.29, 0.717) is 5.82 Å². The Kier molecular flexibility index (Phi) is 6.42. The molecule has 4 nitrogen and oxygen atoms in total. The number of nitrogens with zero attached hydrogens (tertiary/aromatic N) is 2. The molecule has 3 aromatic rings. The zero-order chi connectivity index (χ0) is 21.0. The minimum atomic E-state index is -0.438. The third-order valence-corrected chi connectivity index (χ3v) is 5.73. The number of amides is 1. The van der Waals surface area contributed by atoms with Gasteiger partial charge in [0.25, 0.3) is 0 Å². The zero-order valence-electron chi connectivity index (χ0n) is 17.1. The molecule has 1 heterocycles. The highest BCUT2D eigenvalue weighted by molar-refractivity contribution is 8.00. The van der Waals surface area contributed by atoms with Crippen molar-refractivity contribution < 1.29 is 9.18 Å². The van der Waals surface area contributed by atoms with Gasteiger partial charge in [-0.15, -0.1) is 11.8 Å². The number of hydrogen-bond donors (Lipinski definition) is 1. The SMILES string of the molecule is Cn1ccnc1C(NC(=O)CSc1ccc(C(C)(C)C)cc1)c1ccc(F)cc1. The maximum Gasteiger partial charge on any atom is 0.231 e. The Morgan fingerprint density at radius 3 is 2.34 bits per heavy atom. The molecule has 152 valence electrons. The molecule has 29 heavy (non-hydrogen) atoms. The molecule has 0 radical (unpaired) electrons. The predicted molar refractivity (Wildman–Crippen MR) is 115 cm³/mol. The fourth-order valence-electron chi connectivity index (χ4n) is 3.01. The number of hydrogen-bond acceptors (Lipinski definition) is 3. The van der Waals surface area contributed by atoms with Crippen LogP contribution in [-0.2, 0) is 17.3 Å². The van der Waals surface area contributed by atoms with Crippen LogP contribution >= 0.6 is 11.8 Å². The van der Waals surface area contributed by atoms with E-state index in [1.807, 2.05) is 17.8 Å². The van der Waals surface area contributed by atoms with Crippen LogP contribution in [0.25, 0.3) is 0 Å². The first-order valence-electron chi connectivity index (χ1n) is 9.49. The van der Waals surface area contributed by atoms with Crippen LogP contribution < -0.4 is 5.32 Å². The molecule has 0 aliphatic rings. The van der Waals surface area contributed by atoms with Crippen LogP contribution in [0.5, 0.6) is 0 Å². The average Bonchev–Trinajstić information content (AvgIpc) is 3.10. The summed E-state index contributed by atoms with van der Waals surface area (Å²) in [7, 11) is 1.87. The lowest BCUT2D eigenvalue weighted by Crippen LogP contribution is -2.32. The Labute approximate surface area is 175 Å². The van der Waals surface area contributed by atoms with E-state index in [4.69, 9.17) is 0 Å². The first-order chi connectivity index (χ1) is 13.7. The van der Waals surface area contributed by atoms with Crippen LogP contribution in [0.4, 0.5) is 4.39 Å². The molecule has 0 aliphatic heterocycles. The smallest absolute Gasteiger partial charge is 0.231 e. The number of halogens is 1. The molecule has 0 aliphatic carbocycles. The van der Waals surface area contributed by atoms with Gasteiger partial charge in [0.15, 0.2) is 0 Å². The lowest BCUT2D eigenvalue weighted by atomic mass is 9.87. The summed E-state index contributed by atoms with van der Waals surface area (Å²) in [5, 5.41) is 3.04. The molecule has 1 atom stereocenters. The lowest BCUT2D eigenvalue weighted by Gasteiger charge is -2.20. The number of carbonyl (C=O) groups is 1. The summed E-state index contributed by atoms with van der Waals surface area (Å²) >= 11 is 1.49. The summed E-state index contributed by atoms with van der Waals surface area (Å²) in [5.41, 5.74) is 2.15. The Morgan fingerprint density at radius 1 is 1.14 bits per heavy atom. The summed E-state index contributed by atoms with van der Waals surface area (Å²) in [4.78, 5) is 18.1. The Hall–Kier alpha value is -2.60. The molecular weight excluding hydrogens is 385 g/mol. The standard InChI is InChI=1S/C23H26FN3OS/c1-23(2,3)17-7-11-19(12-8-17)29-15-20(28)26-21(22-25-13-14-27(22)4)16-5-9-18(24)10-6-16/h5-14,21H,15H2,1-4H3,(H,26,28). The monoisotopic (exact) mass is 411 g/mol. The summed E-state index contributed by atoms with van der Waals surface area (Å²) in [6.45, 7) is 6.53. The van der Waals surface area contributed by atoms with E-state index in [1.165, 1.54) is 29.5 Å². The van der Waals surface area contributed by atoms with Gasteiger partial charge in [-0.1, -0.05) is 45.0 Å². The quantitative estimate of drug-likeness (QED) is 0.590. The minimum Gasteiger partial charge on any atom is -0.341 e. The van der Waals surface area contributed by atoms with Crippen molar-refractivity contribution in [3.8, 4) is 0 Å². The number of thioether (sulfide) groups is 1. The topological polar surface area (TPSA) is 46.9 Å². The number of rotatable bonds is 6. The molecule has 0 bridgehead atoms. The largest absolute Gasteiger partial charge is 0.341 e. The highest BCUT2D eigenvalue weighted by Crippen LogP contribution is 2.26. The molecule has 1 N–H and O–H groups in total. The molecule has 1 amide bonds. The third kappa shape index (κ3) is 5.48. The van der Waals surface area contributed by atoms with E-state index >= 15 is 0 Å². The van der Waals surface area contributed by atoms with Gasteiger partial charge in [-0.05, 0) is 40.8 Å². The number of nitrogens with one attached hydrogen (secondary N) is 1. The van der Waals surface area contributed by atoms with Crippen LogP contribution in [0, 0.1) is 5.82 Å². The zero-order valence-corrected chi connectivity index (χ0v) is 18.0. The van der Waals surface area contributed by atoms with Gasteiger partial charge in [-0.2, -0.15) is 0 Å². The second-order valence-electron chi connectivity index (χ2n) is 8.01. The highest BCUT2D eigenvalue weighted by Gasteiger charge is 2.21. The number of imidazole rings is 1. The van der Waals surface area contributed by atoms with Crippen molar-refractivity contribution in [3.63, 3.8) is 0 Å². The number of aromatic nitrogens is 2. The van der Waals surface area contributed by atoms with Gasteiger partial charge in [0.05, 0.1) is 5.75 Å². The van der Waals surface area contributed by atoms with Gasteiger partial charge < -0.3 is 9.88 Å². The second kappa shape index (κ2) is 8.82. The Balaban J connectivity index is 1.69. The van der Waals surface area contributed by atoms with Crippen molar-refractivity contribution in [1.29, 1.82) is 0 Å². The van der Waals surface area contributed by atoms with E-state index in [-0.39, 0.29) is 22.9 Å². The van der Waals surface area contributed by atoms with Gasteiger partial charge in [-0.25, -0.2) is 9.37 Å². The van der Waals surface area contributed by atoms with Gasteiger partial charge in [0, 0.05) is 24.3 Å². The lowest BCUT2D eigenvalue weighted by molar-refractivity contribution is -0.119. The van der Waals surface area contributed by atoms with E-state index in [2.05, 4.69) is 55.3 Å². The first-order valence-corrected chi connectivity index (χ1v) is 10.5. The Bertz CT molecular complexity index is 959. The summed E-state index contributed by atoms with van der Waals surface area (Å²) in [6, 6.07) is 14.0.